The van der Waals surface area contributed by atoms with Crippen LogP contribution < -0.4 is 4.90 Å². The molecule has 8 nitrogen and oxygen atoms in total. The second kappa shape index (κ2) is 8.18. The molecule has 0 aliphatic carbocycles. The summed E-state index contributed by atoms with van der Waals surface area (Å²) in [5, 5.41) is 0. The summed E-state index contributed by atoms with van der Waals surface area (Å²) in [5.74, 6) is 0.0159. The molecule has 1 aromatic carbocycles. The molecule has 0 N–H and O–H groups in total. The Morgan fingerprint density at radius 1 is 1.19 bits per heavy atom. The highest BCUT2D eigenvalue weighted by Crippen LogP contribution is 2.43. The van der Waals surface area contributed by atoms with Crippen LogP contribution in [-0.2, 0) is 29.8 Å². The predicted molar refractivity (Wildman–Crippen MR) is 116 cm³/mol. The minimum Gasteiger partial charge on any atom is -0.378 e. The molecule has 2 amide bonds. The number of sulfonamides is 1. The molecule has 4 rings (SSSR count). The SMILES string of the molecule is C[C@@H]1CCCN(S(=O)(=O)c2ccc3c(c2)C(C)(C)C(=O)N3CC(=O)N2CCOCC2)C1. The van der Waals surface area contributed by atoms with E-state index in [9.17, 15) is 18.0 Å². The van der Waals surface area contributed by atoms with Crippen molar-refractivity contribution >= 4 is 27.5 Å². The molecular formula is C22H31N3O5S. The number of hydrogen-bond donors (Lipinski definition) is 0. The summed E-state index contributed by atoms with van der Waals surface area (Å²) >= 11 is 0. The van der Waals surface area contributed by atoms with E-state index in [0.29, 0.717) is 56.6 Å². The van der Waals surface area contributed by atoms with Gasteiger partial charge in [-0.25, -0.2) is 8.42 Å². The van der Waals surface area contributed by atoms with Crippen LogP contribution in [0.5, 0.6) is 0 Å². The first kappa shape index (κ1) is 22.2. The number of ether oxygens (including phenoxy) is 1. The highest BCUT2D eigenvalue weighted by atomic mass is 32.2. The maximum absolute atomic E-state index is 13.2. The number of hydrogen-bond acceptors (Lipinski definition) is 5. The molecule has 170 valence electrons. The number of fused-ring (bicyclic) bond motifs is 1. The number of carbonyl (C=O) groups excluding carboxylic acids is 2. The quantitative estimate of drug-likeness (QED) is 0.697. The number of carbonyl (C=O) groups is 2. The largest absolute Gasteiger partial charge is 0.378 e. The van der Waals surface area contributed by atoms with E-state index in [-0.39, 0.29) is 23.3 Å². The van der Waals surface area contributed by atoms with Crippen LogP contribution in [0, 0.1) is 5.92 Å². The van der Waals surface area contributed by atoms with Crippen molar-refractivity contribution in [2.24, 2.45) is 5.92 Å². The van der Waals surface area contributed by atoms with Crippen molar-refractivity contribution in [3.8, 4) is 0 Å². The molecule has 3 heterocycles. The van der Waals surface area contributed by atoms with Crippen LogP contribution in [0.1, 0.15) is 39.2 Å². The first-order valence-electron chi connectivity index (χ1n) is 10.9. The first-order valence-corrected chi connectivity index (χ1v) is 12.4. The number of piperidine rings is 1. The molecule has 0 bridgehead atoms. The molecule has 1 aromatic rings. The van der Waals surface area contributed by atoms with E-state index in [2.05, 4.69) is 6.92 Å². The van der Waals surface area contributed by atoms with Gasteiger partial charge >= 0.3 is 0 Å². The maximum Gasteiger partial charge on any atom is 0.243 e. The van der Waals surface area contributed by atoms with Crippen LogP contribution >= 0.6 is 0 Å². The fourth-order valence-electron chi connectivity index (χ4n) is 4.69. The summed E-state index contributed by atoms with van der Waals surface area (Å²) in [7, 11) is -3.63. The van der Waals surface area contributed by atoms with Gasteiger partial charge < -0.3 is 14.5 Å². The summed E-state index contributed by atoms with van der Waals surface area (Å²) in [6.07, 6.45) is 1.89. The predicted octanol–water partition coefficient (Wildman–Crippen LogP) is 1.59. The average Bonchev–Trinajstić information content (AvgIpc) is 2.94. The van der Waals surface area contributed by atoms with Gasteiger partial charge in [-0.2, -0.15) is 4.31 Å². The fraction of sp³-hybridized carbons (Fsp3) is 0.636. The third kappa shape index (κ3) is 3.99. The third-order valence-electron chi connectivity index (χ3n) is 6.63. The van der Waals surface area contributed by atoms with Crippen LogP contribution in [0.25, 0.3) is 0 Å². The molecule has 2 fully saturated rings. The summed E-state index contributed by atoms with van der Waals surface area (Å²) < 4.78 is 33.3. The molecule has 0 unspecified atom stereocenters. The van der Waals surface area contributed by atoms with Crippen molar-refractivity contribution in [1.82, 2.24) is 9.21 Å². The van der Waals surface area contributed by atoms with E-state index in [0.717, 1.165) is 12.8 Å². The molecule has 31 heavy (non-hydrogen) atoms. The molecule has 3 aliphatic rings. The zero-order valence-electron chi connectivity index (χ0n) is 18.5. The Kier molecular flexibility index (Phi) is 5.87. The normalized spacial score (nSPS) is 24.4. The molecule has 0 radical (unpaired) electrons. The molecular weight excluding hydrogens is 418 g/mol. The maximum atomic E-state index is 13.2. The number of morpholine rings is 1. The van der Waals surface area contributed by atoms with E-state index >= 15 is 0 Å². The highest BCUT2D eigenvalue weighted by Gasteiger charge is 2.45. The van der Waals surface area contributed by atoms with E-state index < -0.39 is 15.4 Å². The van der Waals surface area contributed by atoms with Crippen molar-refractivity contribution in [3.63, 3.8) is 0 Å². The summed E-state index contributed by atoms with van der Waals surface area (Å²) in [6, 6.07) is 4.87. The lowest BCUT2D eigenvalue weighted by molar-refractivity contribution is -0.135. The standard InChI is InChI=1S/C22H31N3O5S/c1-16-5-4-8-24(14-16)31(28,29)17-6-7-19-18(13-17)22(2,3)21(27)25(19)15-20(26)23-9-11-30-12-10-23/h6-7,13,16H,4-5,8-12,14-15H2,1-3H3/t16-/m1/s1. The number of amides is 2. The Balaban J connectivity index is 1.62. The highest BCUT2D eigenvalue weighted by molar-refractivity contribution is 7.89. The van der Waals surface area contributed by atoms with E-state index in [1.807, 2.05) is 0 Å². The molecule has 0 saturated carbocycles. The van der Waals surface area contributed by atoms with Crippen molar-refractivity contribution in [1.29, 1.82) is 0 Å². The van der Waals surface area contributed by atoms with Gasteiger partial charge in [0, 0.05) is 31.9 Å². The number of nitrogens with zero attached hydrogens (tertiary/aromatic N) is 3. The van der Waals surface area contributed by atoms with Gasteiger partial charge in [0.1, 0.15) is 6.54 Å². The molecule has 1 atom stereocenters. The average molecular weight is 450 g/mol. The van der Waals surface area contributed by atoms with Crippen molar-refractivity contribution < 1.29 is 22.7 Å². The lowest BCUT2D eigenvalue weighted by atomic mass is 9.86. The zero-order valence-corrected chi connectivity index (χ0v) is 19.3. The van der Waals surface area contributed by atoms with Gasteiger partial charge in [0.2, 0.25) is 21.8 Å². The number of benzene rings is 1. The smallest absolute Gasteiger partial charge is 0.243 e. The lowest BCUT2D eigenvalue weighted by Crippen LogP contribution is -2.47. The van der Waals surface area contributed by atoms with Gasteiger partial charge in [-0.15, -0.1) is 0 Å². The Hall–Kier alpha value is -1.97. The van der Waals surface area contributed by atoms with Crippen molar-refractivity contribution in [2.75, 3.05) is 50.8 Å². The van der Waals surface area contributed by atoms with E-state index in [4.69, 9.17) is 4.74 Å². The van der Waals surface area contributed by atoms with E-state index in [1.165, 1.54) is 4.90 Å². The first-order chi connectivity index (χ1) is 14.6. The zero-order chi connectivity index (χ0) is 22.4. The van der Waals surface area contributed by atoms with E-state index in [1.54, 1.807) is 41.3 Å². The number of rotatable bonds is 4. The van der Waals surface area contributed by atoms with Crippen LogP contribution in [0.3, 0.4) is 0 Å². The number of anilines is 1. The van der Waals surface area contributed by atoms with Gasteiger partial charge in [-0.1, -0.05) is 6.92 Å². The Labute approximate surface area is 184 Å². The third-order valence-corrected chi connectivity index (χ3v) is 8.49. The summed E-state index contributed by atoms with van der Waals surface area (Å²) in [4.78, 5) is 29.3. The Morgan fingerprint density at radius 3 is 2.58 bits per heavy atom. The summed E-state index contributed by atoms with van der Waals surface area (Å²) in [6.45, 7) is 8.65. The molecule has 2 saturated heterocycles. The molecule has 3 aliphatic heterocycles. The van der Waals surface area contributed by atoms with Crippen LogP contribution in [0.15, 0.2) is 23.1 Å². The molecule has 9 heteroatoms. The van der Waals surface area contributed by atoms with Gasteiger partial charge in [0.25, 0.3) is 0 Å². The lowest BCUT2D eigenvalue weighted by Gasteiger charge is -2.30. The minimum atomic E-state index is -3.63. The van der Waals surface area contributed by atoms with Crippen LogP contribution in [-0.4, -0.2) is 75.4 Å². The Morgan fingerprint density at radius 2 is 1.90 bits per heavy atom. The van der Waals surface area contributed by atoms with Crippen LogP contribution in [0.4, 0.5) is 5.69 Å². The van der Waals surface area contributed by atoms with Gasteiger partial charge in [-0.3, -0.25) is 9.59 Å². The fourth-order valence-corrected chi connectivity index (χ4v) is 6.32. The van der Waals surface area contributed by atoms with Crippen molar-refractivity contribution in [2.45, 2.75) is 43.9 Å². The van der Waals surface area contributed by atoms with Crippen LogP contribution in [0.2, 0.25) is 0 Å². The molecule has 0 spiro atoms. The van der Waals surface area contributed by atoms with Crippen molar-refractivity contribution in [3.05, 3.63) is 23.8 Å². The second-order valence-electron chi connectivity index (χ2n) is 9.30. The topological polar surface area (TPSA) is 87.2 Å². The monoisotopic (exact) mass is 449 g/mol. The minimum absolute atomic E-state index is 0.0506. The molecule has 0 aromatic heterocycles. The van der Waals surface area contributed by atoms with Gasteiger partial charge in [-0.05, 0) is 56.4 Å². The Bertz CT molecular complexity index is 985. The second-order valence-corrected chi connectivity index (χ2v) is 11.2. The van der Waals surface area contributed by atoms with Gasteiger partial charge in [0.15, 0.2) is 0 Å². The van der Waals surface area contributed by atoms with Gasteiger partial charge in [0.05, 0.1) is 23.5 Å². The summed E-state index contributed by atoms with van der Waals surface area (Å²) in [5.41, 5.74) is 0.363.